The highest BCUT2D eigenvalue weighted by molar-refractivity contribution is 9.10. The van der Waals surface area contributed by atoms with Gasteiger partial charge in [0.25, 0.3) is 0 Å². The molecule has 100 valence electrons. The van der Waals surface area contributed by atoms with Crippen molar-refractivity contribution in [2.24, 2.45) is 0 Å². The molecule has 0 amide bonds. The minimum Gasteiger partial charge on any atom is -0.277 e. The summed E-state index contributed by atoms with van der Waals surface area (Å²) in [6.45, 7) is 0. The lowest BCUT2D eigenvalue weighted by molar-refractivity contribution is 0.621. The first kappa shape index (κ1) is 13.0. The first-order valence-corrected chi connectivity index (χ1v) is 6.70. The second kappa shape index (κ2) is 5.17. The quantitative estimate of drug-likeness (QED) is 0.717. The van der Waals surface area contributed by atoms with Crippen molar-refractivity contribution in [2.45, 2.75) is 0 Å². The Bertz CT molecular complexity index is 751. The fourth-order valence-corrected chi connectivity index (χ4v) is 2.41. The van der Waals surface area contributed by atoms with Gasteiger partial charge in [0.1, 0.15) is 11.6 Å². The minimum atomic E-state index is -0.339. The normalized spacial score (nSPS) is 10.8. The molecule has 3 aromatic rings. The van der Waals surface area contributed by atoms with Crippen LogP contribution in [-0.4, -0.2) is 10.2 Å². The molecule has 0 aliphatic rings. The molecule has 3 rings (SSSR count). The summed E-state index contributed by atoms with van der Waals surface area (Å²) in [5.41, 5.74) is 2.85. The topological polar surface area (TPSA) is 28.7 Å². The van der Waals surface area contributed by atoms with E-state index in [0.29, 0.717) is 15.7 Å². The van der Waals surface area contributed by atoms with Gasteiger partial charge < -0.3 is 0 Å². The Labute approximate surface area is 122 Å². The van der Waals surface area contributed by atoms with Gasteiger partial charge in [-0.25, -0.2) is 8.78 Å². The molecule has 0 bridgehead atoms. The number of hydrogen-bond donors (Lipinski definition) is 1. The third kappa shape index (κ3) is 2.36. The molecule has 2 nitrogen and oxygen atoms in total. The fourth-order valence-electron chi connectivity index (χ4n) is 1.94. The molecule has 1 N–H and O–H groups in total. The molecule has 1 heterocycles. The van der Waals surface area contributed by atoms with Gasteiger partial charge in [0.05, 0.1) is 15.9 Å². The van der Waals surface area contributed by atoms with Crippen LogP contribution < -0.4 is 0 Å². The highest BCUT2D eigenvalue weighted by Crippen LogP contribution is 2.31. The molecular weight excluding hydrogens is 326 g/mol. The standard InChI is InChI=1S/C15H9BrF2N2/c16-15-11(2-1-3-12(15)18)14-8-13(19-20-14)9-4-6-10(17)7-5-9/h1-8H,(H,19,20). The van der Waals surface area contributed by atoms with Crippen LogP contribution in [0.15, 0.2) is 53.0 Å². The van der Waals surface area contributed by atoms with Crippen molar-refractivity contribution in [3.63, 3.8) is 0 Å². The molecular formula is C15H9BrF2N2. The number of H-pyrrole nitrogens is 1. The van der Waals surface area contributed by atoms with Gasteiger partial charge in [0.15, 0.2) is 0 Å². The van der Waals surface area contributed by atoms with Crippen LogP contribution in [-0.2, 0) is 0 Å². The second-order valence-corrected chi connectivity index (χ2v) is 5.07. The molecule has 0 aliphatic heterocycles. The highest BCUT2D eigenvalue weighted by atomic mass is 79.9. The van der Waals surface area contributed by atoms with Gasteiger partial charge >= 0.3 is 0 Å². The molecule has 0 saturated carbocycles. The number of halogens is 3. The van der Waals surface area contributed by atoms with Crippen LogP contribution in [0.2, 0.25) is 0 Å². The Hall–Kier alpha value is -2.01. The average molecular weight is 335 g/mol. The molecule has 0 fully saturated rings. The van der Waals surface area contributed by atoms with E-state index in [0.717, 1.165) is 11.3 Å². The zero-order chi connectivity index (χ0) is 14.1. The van der Waals surface area contributed by atoms with Crippen molar-refractivity contribution in [2.75, 3.05) is 0 Å². The SMILES string of the molecule is Fc1ccc(-c2cc(-c3cccc(F)c3Br)n[nH]2)cc1. The fraction of sp³-hybridized carbons (Fsp3) is 0. The molecule has 1 aromatic heterocycles. The van der Waals surface area contributed by atoms with E-state index >= 15 is 0 Å². The van der Waals surface area contributed by atoms with E-state index in [-0.39, 0.29) is 11.6 Å². The van der Waals surface area contributed by atoms with Crippen LogP contribution in [0.5, 0.6) is 0 Å². The lowest BCUT2D eigenvalue weighted by atomic mass is 10.1. The van der Waals surface area contributed by atoms with E-state index in [1.54, 1.807) is 30.3 Å². The molecule has 0 spiro atoms. The van der Waals surface area contributed by atoms with Gasteiger partial charge in [-0.15, -0.1) is 0 Å². The molecule has 0 aliphatic carbocycles. The summed E-state index contributed by atoms with van der Waals surface area (Å²) >= 11 is 3.21. The maximum absolute atomic E-state index is 13.5. The van der Waals surface area contributed by atoms with Crippen molar-refractivity contribution in [3.05, 3.63) is 64.6 Å². The van der Waals surface area contributed by atoms with Crippen LogP contribution in [0.4, 0.5) is 8.78 Å². The van der Waals surface area contributed by atoms with E-state index in [2.05, 4.69) is 26.1 Å². The monoisotopic (exact) mass is 334 g/mol. The van der Waals surface area contributed by atoms with Gasteiger partial charge in [-0.05, 0) is 57.9 Å². The number of rotatable bonds is 2. The van der Waals surface area contributed by atoms with Gasteiger partial charge in [0.2, 0.25) is 0 Å². The summed E-state index contributed by atoms with van der Waals surface area (Å²) in [6, 6.07) is 12.7. The van der Waals surface area contributed by atoms with Crippen molar-refractivity contribution < 1.29 is 8.78 Å². The van der Waals surface area contributed by atoms with Crippen LogP contribution in [0.3, 0.4) is 0 Å². The Kier molecular flexibility index (Phi) is 3.36. The summed E-state index contributed by atoms with van der Waals surface area (Å²) in [5.74, 6) is -0.629. The molecule has 5 heteroatoms. The van der Waals surface area contributed by atoms with E-state index in [9.17, 15) is 8.78 Å². The number of nitrogens with zero attached hydrogens (tertiary/aromatic N) is 1. The van der Waals surface area contributed by atoms with Crippen molar-refractivity contribution >= 4 is 15.9 Å². The van der Waals surface area contributed by atoms with E-state index < -0.39 is 0 Å². The third-order valence-electron chi connectivity index (χ3n) is 2.96. The van der Waals surface area contributed by atoms with Crippen LogP contribution in [0, 0.1) is 11.6 Å². The Morgan fingerprint density at radius 3 is 2.50 bits per heavy atom. The molecule has 0 atom stereocenters. The molecule has 0 saturated heterocycles. The summed E-state index contributed by atoms with van der Waals surface area (Å²) in [5, 5.41) is 7.04. The van der Waals surface area contributed by atoms with E-state index in [1.807, 2.05) is 0 Å². The summed E-state index contributed by atoms with van der Waals surface area (Å²) in [4.78, 5) is 0. The highest BCUT2D eigenvalue weighted by Gasteiger charge is 2.11. The van der Waals surface area contributed by atoms with Crippen molar-refractivity contribution in [1.29, 1.82) is 0 Å². The lowest BCUT2D eigenvalue weighted by Gasteiger charge is -2.00. The molecule has 2 aromatic carbocycles. The lowest BCUT2D eigenvalue weighted by Crippen LogP contribution is -1.83. The maximum Gasteiger partial charge on any atom is 0.138 e. The minimum absolute atomic E-state index is 0.290. The average Bonchev–Trinajstić information content (AvgIpc) is 2.92. The number of aromatic amines is 1. The Balaban J connectivity index is 2.02. The van der Waals surface area contributed by atoms with Gasteiger partial charge in [0, 0.05) is 5.56 Å². The first-order valence-electron chi connectivity index (χ1n) is 5.91. The van der Waals surface area contributed by atoms with E-state index in [1.165, 1.54) is 18.2 Å². The van der Waals surface area contributed by atoms with Gasteiger partial charge in [-0.1, -0.05) is 12.1 Å². The summed E-state index contributed by atoms with van der Waals surface area (Å²) in [7, 11) is 0. The van der Waals surface area contributed by atoms with Crippen LogP contribution in [0.1, 0.15) is 0 Å². The van der Waals surface area contributed by atoms with E-state index in [4.69, 9.17) is 0 Å². The molecule has 0 unspecified atom stereocenters. The number of benzene rings is 2. The van der Waals surface area contributed by atoms with Crippen LogP contribution >= 0.6 is 15.9 Å². The smallest absolute Gasteiger partial charge is 0.138 e. The van der Waals surface area contributed by atoms with Gasteiger partial charge in [-0.2, -0.15) is 5.10 Å². The largest absolute Gasteiger partial charge is 0.277 e. The Morgan fingerprint density at radius 1 is 1.00 bits per heavy atom. The number of hydrogen-bond acceptors (Lipinski definition) is 1. The van der Waals surface area contributed by atoms with Gasteiger partial charge in [-0.3, -0.25) is 5.10 Å². The zero-order valence-electron chi connectivity index (χ0n) is 10.2. The predicted molar refractivity (Wildman–Crippen MR) is 77.1 cm³/mol. The molecule has 0 radical (unpaired) electrons. The van der Waals surface area contributed by atoms with Crippen molar-refractivity contribution in [1.82, 2.24) is 10.2 Å². The summed E-state index contributed by atoms with van der Waals surface area (Å²) < 4.78 is 26.8. The summed E-state index contributed by atoms with van der Waals surface area (Å²) in [6.07, 6.45) is 0. The van der Waals surface area contributed by atoms with Crippen LogP contribution in [0.25, 0.3) is 22.5 Å². The Morgan fingerprint density at radius 2 is 1.75 bits per heavy atom. The first-order chi connectivity index (χ1) is 9.65. The third-order valence-corrected chi connectivity index (χ3v) is 3.77. The number of aromatic nitrogens is 2. The zero-order valence-corrected chi connectivity index (χ0v) is 11.8. The maximum atomic E-state index is 13.5. The predicted octanol–water partition coefficient (Wildman–Crippen LogP) is 4.78. The number of nitrogens with one attached hydrogen (secondary N) is 1. The van der Waals surface area contributed by atoms with Crippen molar-refractivity contribution in [3.8, 4) is 22.5 Å². The second-order valence-electron chi connectivity index (χ2n) is 4.28. The molecule has 20 heavy (non-hydrogen) atoms.